The Morgan fingerprint density at radius 3 is 2.79 bits per heavy atom. The van der Waals surface area contributed by atoms with Crippen molar-refractivity contribution >= 4 is 11.6 Å². The molecule has 1 aromatic carbocycles. The van der Waals surface area contributed by atoms with E-state index in [0.717, 1.165) is 17.8 Å². The molecular formula is C15H22N2O2. The fourth-order valence-electron chi connectivity index (χ4n) is 2.56. The number of benzene rings is 1. The minimum atomic E-state index is -0.595. The van der Waals surface area contributed by atoms with Crippen LogP contribution in [-0.2, 0) is 4.79 Å². The summed E-state index contributed by atoms with van der Waals surface area (Å²) in [4.78, 5) is 14.1. The number of aliphatic hydroxyl groups excluding tert-OH is 1. The summed E-state index contributed by atoms with van der Waals surface area (Å²) < 4.78 is 0. The van der Waals surface area contributed by atoms with Crippen LogP contribution in [0.4, 0.5) is 5.69 Å². The van der Waals surface area contributed by atoms with Crippen molar-refractivity contribution in [1.82, 2.24) is 5.32 Å². The maximum Gasteiger partial charge on any atom is 0.245 e. The number of hydrogen-bond acceptors (Lipinski definition) is 3. The van der Waals surface area contributed by atoms with E-state index in [1.807, 2.05) is 45.0 Å². The van der Waals surface area contributed by atoms with E-state index in [9.17, 15) is 9.90 Å². The molecule has 104 valence electrons. The SMILES string of the molecule is CC[C@H](O)c1ccccc1N1CCNC(=O)C1(C)C. The van der Waals surface area contributed by atoms with Gasteiger partial charge in [0.1, 0.15) is 5.54 Å². The lowest BCUT2D eigenvalue weighted by atomic mass is 9.95. The highest BCUT2D eigenvalue weighted by molar-refractivity contribution is 5.90. The molecule has 4 heteroatoms. The maximum absolute atomic E-state index is 12.0. The largest absolute Gasteiger partial charge is 0.388 e. The second kappa shape index (κ2) is 5.21. The van der Waals surface area contributed by atoms with E-state index in [2.05, 4.69) is 10.2 Å². The van der Waals surface area contributed by atoms with Crippen LogP contribution in [0.5, 0.6) is 0 Å². The highest BCUT2D eigenvalue weighted by atomic mass is 16.3. The van der Waals surface area contributed by atoms with Gasteiger partial charge in [0, 0.05) is 24.3 Å². The molecular weight excluding hydrogens is 240 g/mol. The number of aliphatic hydroxyl groups is 1. The van der Waals surface area contributed by atoms with Crippen molar-refractivity contribution in [3.8, 4) is 0 Å². The van der Waals surface area contributed by atoms with Gasteiger partial charge < -0.3 is 15.3 Å². The number of rotatable bonds is 3. The number of nitrogens with one attached hydrogen (secondary N) is 1. The maximum atomic E-state index is 12.0. The topological polar surface area (TPSA) is 52.6 Å². The van der Waals surface area contributed by atoms with Crippen LogP contribution < -0.4 is 10.2 Å². The smallest absolute Gasteiger partial charge is 0.245 e. The van der Waals surface area contributed by atoms with Crippen molar-refractivity contribution in [2.24, 2.45) is 0 Å². The molecule has 4 nitrogen and oxygen atoms in total. The second-order valence-electron chi connectivity index (χ2n) is 5.45. The van der Waals surface area contributed by atoms with Crippen molar-refractivity contribution < 1.29 is 9.90 Å². The predicted octanol–water partition coefficient (Wildman–Crippen LogP) is 1.84. The van der Waals surface area contributed by atoms with E-state index in [0.29, 0.717) is 13.0 Å². The zero-order chi connectivity index (χ0) is 14.0. The van der Waals surface area contributed by atoms with Crippen molar-refractivity contribution in [2.75, 3.05) is 18.0 Å². The van der Waals surface area contributed by atoms with E-state index in [4.69, 9.17) is 0 Å². The number of anilines is 1. The number of nitrogens with zero attached hydrogens (tertiary/aromatic N) is 1. The molecule has 1 saturated heterocycles. The van der Waals surface area contributed by atoms with Gasteiger partial charge in [-0.15, -0.1) is 0 Å². The Bertz CT molecular complexity index is 471. The van der Waals surface area contributed by atoms with E-state index >= 15 is 0 Å². The van der Waals surface area contributed by atoms with Gasteiger partial charge in [-0.2, -0.15) is 0 Å². The molecule has 0 saturated carbocycles. The summed E-state index contributed by atoms with van der Waals surface area (Å²) in [7, 11) is 0. The average Bonchev–Trinajstić information content (AvgIpc) is 2.41. The molecule has 1 atom stereocenters. The Morgan fingerprint density at radius 2 is 2.11 bits per heavy atom. The minimum absolute atomic E-state index is 0.0274. The molecule has 0 aliphatic carbocycles. The van der Waals surface area contributed by atoms with Gasteiger partial charge in [-0.05, 0) is 26.3 Å². The Hall–Kier alpha value is -1.55. The van der Waals surface area contributed by atoms with Gasteiger partial charge in [0.05, 0.1) is 6.10 Å². The van der Waals surface area contributed by atoms with E-state index in [1.54, 1.807) is 0 Å². The van der Waals surface area contributed by atoms with E-state index < -0.39 is 11.6 Å². The van der Waals surface area contributed by atoms with Crippen LogP contribution in [0.1, 0.15) is 38.9 Å². The van der Waals surface area contributed by atoms with Crippen molar-refractivity contribution in [2.45, 2.75) is 38.8 Å². The summed E-state index contributed by atoms with van der Waals surface area (Å²) in [6.45, 7) is 7.17. The molecule has 1 amide bonds. The van der Waals surface area contributed by atoms with Gasteiger partial charge in [-0.3, -0.25) is 4.79 Å². The fourth-order valence-corrected chi connectivity index (χ4v) is 2.56. The Morgan fingerprint density at radius 1 is 1.42 bits per heavy atom. The van der Waals surface area contributed by atoms with Crippen LogP contribution in [0.2, 0.25) is 0 Å². The van der Waals surface area contributed by atoms with Crippen LogP contribution in [0.25, 0.3) is 0 Å². The Balaban J connectivity index is 2.43. The monoisotopic (exact) mass is 262 g/mol. The van der Waals surface area contributed by atoms with Gasteiger partial charge in [-0.1, -0.05) is 25.1 Å². The lowest BCUT2D eigenvalue weighted by Crippen LogP contribution is -2.62. The molecule has 0 aromatic heterocycles. The number of carbonyl (C=O) groups is 1. The van der Waals surface area contributed by atoms with Crippen molar-refractivity contribution in [3.63, 3.8) is 0 Å². The molecule has 1 aliphatic rings. The van der Waals surface area contributed by atoms with Crippen molar-refractivity contribution in [1.29, 1.82) is 0 Å². The first-order valence-corrected chi connectivity index (χ1v) is 6.81. The number of amides is 1. The van der Waals surface area contributed by atoms with Crippen LogP contribution in [0.3, 0.4) is 0 Å². The van der Waals surface area contributed by atoms with Gasteiger partial charge in [-0.25, -0.2) is 0 Å². The normalized spacial score (nSPS) is 20.0. The number of piperazine rings is 1. The molecule has 1 fully saturated rings. The lowest BCUT2D eigenvalue weighted by molar-refractivity contribution is -0.126. The summed E-state index contributed by atoms with van der Waals surface area (Å²) in [5.41, 5.74) is 1.26. The lowest BCUT2D eigenvalue weighted by Gasteiger charge is -2.44. The third kappa shape index (κ3) is 2.45. The Labute approximate surface area is 114 Å². The molecule has 1 heterocycles. The molecule has 2 N–H and O–H groups in total. The number of hydrogen-bond donors (Lipinski definition) is 2. The van der Waals surface area contributed by atoms with Crippen molar-refractivity contribution in [3.05, 3.63) is 29.8 Å². The third-order valence-corrected chi connectivity index (χ3v) is 3.82. The quantitative estimate of drug-likeness (QED) is 0.874. The number of para-hydroxylation sites is 1. The van der Waals surface area contributed by atoms with Gasteiger partial charge in [0.25, 0.3) is 0 Å². The number of carbonyl (C=O) groups excluding carboxylic acids is 1. The van der Waals surface area contributed by atoms with Crippen LogP contribution >= 0.6 is 0 Å². The average molecular weight is 262 g/mol. The van der Waals surface area contributed by atoms with E-state index in [1.165, 1.54) is 0 Å². The minimum Gasteiger partial charge on any atom is -0.388 e. The summed E-state index contributed by atoms with van der Waals surface area (Å²) in [5, 5.41) is 13.0. The van der Waals surface area contributed by atoms with Crippen LogP contribution in [0, 0.1) is 0 Å². The molecule has 0 unspecified atom stereocenters. The molecule has 0 spiro atoms. The molecule has 2 rings (SSSR count). The first-order chi connectivity index (χ1) is 8.98. The predicted molar refractivity (Wildman–Crippen MR) is 76.1 cm³/mol. The standard InChI is InChI=1S/C15H22N2O2/c1-4-13(18)11-7-5-6-8-12(11)17-10-9-16-14(19)15(17,2)3/h5-8,13,18H,4,9-10H2,1-3H3,(H,16,19)/t13-/m0/s1. The highest BCUT2D eigenvalue weighted by Gasteiger charge is 2.38. The first kappa shape index (κ1) is 13.9. The van der Waals surface area contributed by atoms with Gasteiger partial charge in [0.2, 0.25) is 5.91 Å². The first-order valence-electron chi connectivity index (χ1n) is 6.81. The summed E-state index contributed by atoms with van der Waals surface area (Å²) in [6.07, 6.45) is 0.175. The van der Waals surface area contributed by atoms with Gasteiger partial charge in [0.15, 0.2) is 0 Å². The van der Waals surface area contributed by atoms with E-state index in [-0.39, 0.29) is 5.91 Å². The summed E-state index contributed by atoms with van der Waals surface area (Å²) >= 11 is 0. The molecule has 0 radical (unpaired) electrons. The van der Waals surface area contributed by atoms with Gasteiger partial charge >= 0.3 is 0 Å². The zero-order valence-corrected chi connectivity index (χ0v) is 11.8. The summed E-state index contributed by atoms with van der Waals surface area (Å²) in [5.74, 6) is 0.0274. The van der Waals surface area contributed by atoms with Crippen LogP contribution in [-0.4, -0.2) is 29.6 Å². The van der Waals surface area contributed by atoms with Crippen LogP contribution in [0.15, 0.2) is 24.3 Å². The molecule has 0 bridgehead atoms. The second-order valence-corrected chi connectivity index (χ2v) is 5.45. The third-order valence-electron chi connectivity index (χ3n) is 3.82. The molecule has 1 aliphatic heterocycles. The molecule has 19 heavy (non-hydrogen) atoms. The zero-order valence-electron chi connectivity index (χ0n) is 11.8. The Kier molecular flexibility index (Phi) is 3.80. The molecule has 1 aromatic rings. The highest BCUT2D eigenvalue weighted by Crippen LogP contribution is 2.33. The summed E-state index contributed by atoms with van der Waals surface area (Å²) in [6, 6.07) is 7.79. The fraction of sp³-hybridized carbons (Fsp3) is 0.533.